The van der Waals surface area contributed by atoms with E-state index in [2.05, 4.69) is 9.88 Å². The first-order valence-corrected chi connectivity index (χ1v) is 8.64. The van der Waals surface area contributed by atoms with Crippen molar-refractivity contribution in [1.29, 1.82) is 0 Å². The number of amides is 1. The van der Waals surface area contributed by atoms with Crippen molar-refractivity contribution in [3.63, 3.8) is 0 Å². The average molecular weight is 318 g/mol. The molecule has 1 amide bonds. The molecule has 5 nitrogen and oxygen atoms in total. The zero-order valence-corrected chi connectivity index (χ0v) is 14.3. The fourth-order valence-corrected chi connectivity index (χ4v) is 3.84. The number of hydrogen-bond acceptors (Lipinski definition) is 3. The number of aromatic amines is 1. The second-order valence-electron chi connectivity index (χ2n) is 6.85. The molecule has 126 valence electrons. The summed E-state index contributed by atoms with van der Waals surface area (Å²) in [5, 5.41) is 0. The van der Waals surface area contributed by atoms with Crippen molar-refractivity contribution in [2.45, 2.75) is 70.9 Å². The van der Waals surface area contributed by atoms with Gasteiger partial charge in [-0.15, -0.1) is 0 Å². The van der Waals surface area contributed by atoms with Crippen LogP contribution < -0.4 is 0 Å². The number of esters is 1. The van der Waals surface area contributed by atoms with Gasteiger partial charge in [0.05, 0.1) is 12.7 Å². The summed E-state index contributed by atoms with van der Waals surface area (Å²) in [6.45, 7) is 3.65. The molecular weight excluding hydrogens is 292 g/mol. The van der Waals surface area contributed by atoms with E-state index in [9.17, 15) is 9.59 Å². The van der Waals surface area contributed by atoms with Gasteiger partial charge in [-0.2, -0.15) is 0 Å². The number of ether oxygens (including phenoxy) is 1. The molecule has 1 aromatic rings. The minimum atomic E-state index is -0.383. The molecule has 5 heteroatoms. The molecule has 0 atom stereocenters. The number of methoxy groups -OCH3 is 1. The lowest BCUT2D eigenvalue weighted by atomic mass is 9.93. The predicted octanol–water partition coefficient (Wildman–Crippen LogP) is 3.36. The second-order valence-corrected chi connectivity index (χ2v) is 6.85. The Bertz CT molecular complexity index is 610. The Morgan fingerprint density at radius 2 is 1.65 bits per heavy atom. The molecule has 1 N–H and O–H groups in total. The molecule has 23 heavy (non-hydrogen) atoms. The Labute approximate surface area is 137 Å². The van der Waals surface area contributed by atoms with Crippen LogP contribution in [-0.2, 0) is 4.74 Å². The van der Waals surface area contributed by atoms with Gasteiger partial charge in [0.1, 0.15) is 5.69 Å². The second kappa shape index (κ2) is 6.38. The Kier molecular flexibility index (Phi) is 4.46. The van der Waals surface area contributed by atoms with E-state index < -0.39 is 0 Å². The Morgan fingerprint density at radius 1 is 1.04 bits per heavy atom. The van der Waals surface area contributed by atoms with E-state index in [0.717, 1.165) is 25.7 Å². The van der Waals surface area contributed by atoms with Crippen molar-refractivity contribution in [1.82, 2.24) is 9.88 Å². The van der Waals surface area contributed by atoms with Crippen molar-refractivity contribution in [2.24, 2.45) is 0 Å². The summed E-state index contributed by atoms with van der Waals surface area (Å²) in [7, 11) is 1.37. The third-order valence-electron chi connectivity index (χ3n) is 5.18. The molecule has 2 aliphatic carbocycles. The fourth-order valence-electron chi connectivity index (χ4n) is 3.84. The number of nitrogens with zero attached hydrogens (tertiary/aromatic N) is 1. The van der Waals surface area contributed by atoms with Crippen LogP contribution in [0.3, 0.4) is 0 Å². The van der Waals surface area contributed by atoms with Gasteiger partial charge >= 0.3 is 5.97 Å². The maximum atomic E-state index is 13.2. The SMILES string of the molecule is COC(=O)c1c(C)[nH]c(C(=O)N(C2CCCCC2)C2CC2)c1C. The first kappa shape index (κ1) is 16.1. The van der Waals surface area contributed by atoms with E-state index in [0.29, 0.717) is 34.6 Å². The molecule has 2 fully saturated rings. The van der Waals surface area contributed by atoms with E-state index in [1.165, 1.54) is 26.4 Å². The number of nitrogens with one attached hydrogen (secondary N) is 1. The van der Waals surface area contributed by atoms with Crippen LogP contribution in [0.15, 0.2) is 0 Å². The predicted molar refractivity (Wildman–Crippen MR) is 87.7 cm³/mol. The average Bonchev–Trinajstić information content (AvgIpc) is 3.33. The van der Waals surface area contributed by atoms with Crippen molar-refractivity contribution in [3.8, 4) is 0 Å². The largest absolute Gasteiger partial charge is 0.465 e. The molecule has 0 spiro atoms. The third kappa shape index (κ3) is 3.01. The van der Waals surface area contributed by atoms with Gasteiger partial charge in [-0.3, -0.25) is 4.79 Å². The van der Waals surface area contributed by atoms with Crippen LogP contribution in [0.4, 0.5) is 0 Å². The molecule has 0 unspecified atom stereocenters. The molecule has 1 heterocycles. The van der Waals surface area contributed by atoms with E-state index in [4.69, 9.17) is 4.74 Å². The number of rotatable bonds is 4. The van der Waals surface area contributed by atoms with E-state index in [1.54, 1.807) is 0 Å². The number of aromatic nitrogens is 1. The normalized spacial score (nSPS) is 18.7. The van der Waals surface area contributed by atoms with Gasteiger partial charge in [-0.1, -0.05) is 19.3 Å². The zero-order valence-electron chi connectivity index (χ0n) is 14.3. The van der Waals surface area contributed by atoms with Gasteiger partial charge in [0, 0.05) is 17.8 Å². The molecule has 1 aromatic heterocycles. The molecule has 0 bridgehead atoms. The lowest BCUT2D eigenvalue weighted by molar-refractivity contribution is 0.0598. The zero-order chi connectivity index (χ0) is 16.6. The lowest BCUT2D eigenvalue weighted by Crippen LogP contribution is -2.43. The number of carbonyl (C=O) groups is 2. The number of aryl methyl sites for hydroxylation is 1. The molecule has 2 aliphatic rings. The summed E-state index contributed by atoms with van der Waals surface area (Å²) < 4.78 is 4.84. The maximum Gasteiger partial charge on any atom is 0.339 e. The minimum Gasteiger partial charge on any atom is -0.465 e. The van der Waals surface area contributed by atoms with Crippen LogP contribution in [0.25, 0.3) is 0 Å². The summed E-state index contributed by atoms with van der Waals surface area (Å²) in [5.74, 6) is -0.332. The molecular formula is C18H26N2O3. The van der Waals surface area contributed by atoms with Crippen LogP contribution in [0.2, 0.25) is 0 Å². The topological polar surface area (TPSA) is 62.4 Å². The van der Waals surface area contributed by atoms with Crippen molar-refractivity contribution >= 4 is 11.9 Å². The van der Waals surface area contributed by atoms with E-state index in [1.807, 2.05) is 13.8 Å². The lowest BCUT2D eigenvalue weighted by Gasteiger charge is -2.34. The van der Waals surface area contributed by atoms with Gasteiger partial charge in [-0.25, -0.2) is 4.79 Å². The Morgan fingerprint density at radius 3 is 2.22 bits per heavy atom. The number of carbonyl (C=O) groups excluding carboxylic acids is 2. The Balaban J connectivity index is 1.90. The molecule has 2 saturated carbocycles. The summed E-state index contributed by atoms with van der Waals surface area (Å²) >= 11 is 0. The van der Waals surface area contributed by atoms with Crippen LogP contribution in [0.5, 0.6) is 0 Å². The van der Waals surface area contributed by atoms with Crippen LogP contribution in [0, 0.1) is 13.8 Å². The van der Waals surface area contributed by atoms with E-state index in [-0.39, 0.29) is 11.9 Å². The highest BCUT2D eigenvalue weighted by molar-refractivity contribution is 6.00. The molecule has 0 aliphatic heterocycles. The molecule has 0 saturated heterocycles. The molecule has 0 aromatic carbocycles. The van der Waals surface area contributed by atoms with Crippen molar-refractivity contribution in [2.75, 3.05) is 7.11 Å². The third-order valence-corrected chi connectivity index (χ3v) is 5.18. The quantitative estimate of drug-likeness (QED) is 0.866. The highest BCUT2D eigenvalue weighted by atomic mass is 16.5. The number of H-pyrrole nitrogens is 1. The maximum absolute atomic E-state index is 13.2. The van der Waals surface area contributed by atoms with Crippen molar-refractivity contribution in [3.05, 3.63) is 22.5 Å². The van der Waals surface area contributed by atoms with Crippen LogP contribution >= 0.6 is 0 Å². The summed E-state index contributed by atoms with van der Waals surface area (Å²) in [6.07, 6.45) is 8.09. The minimum absolute atomic E-state index is 0.0511. The monoisotopic (exact) mass is 318 g/mol. The first-order chi connectivity index (χ1) is 11.0. The van der Waals surface area contributed by atoms with Crippen LogP contribution in [0.1, 0.15) is 77.0 Å². The standard InChI is InChI=1S/C18H26N2O3/c1-11-15(18(22)23-3)12(2)19-16(11)17(21)20(14-9-10-14)13-7-5-4-6-8-13/h13-14,19H,4-10H2,1-3H3. The highest BCUT2D eigenvalue weighted by Gasteiger charge is 2.39. The number of hydrogen-bond donors (Lipinski definition) is 1. The van der Waals surface area contributed by atoms with Gasteiger partial charge in [0.2, 0.25) is 0 Å². The van der Waals surface area contributed by atoms with Crippen LogP contribution in [-0.4, -0.2) is 41.0 Å². The summed E-state index contributed by atoms with van der Waals surface area (Å²) in [5.41, 5.74) is 2.47. The van der Waals surface area contributed by atoms with Gasteiger partial charge in [0.25, 0.3) is 5.91 Å². The van der Waals surface area contributed by atoms with Gasteiger partial charge < -0.3 is 14.6 Å². The molecule has 3 rings (SSSR count). The highest BCUT2D eigenvalue weighted by Crippen LogP contribution is 2.35. The van der Waals surface area contributed by atoms with Gasteiger partial charge in [0.15, 0.2) is 0 Å². The van der Waals surface area contributed by atoms with E-state index >= 15 is 0 Å². The van der Waals surface area contributed by atoms with Gasteiger partial charge in [-0.05, 0) is 45.1 Å². The van der Waals surface area contributed by atoms with Crippen molar-refractivity contribution < 1.29 is 14.3 Å². The fraction of sp³-hybridized carbons (Fsp3) is 0.667. The smallest absolute Gasteiger partial charge is 0.339 e. The Hall–Kier alpha value is -1.78. The summed E-state index contributed by atoms with van der Waals surface area (Å²) in [4.78, 5) is 30.3. The first-order valence-electron chi connectivity index (χ1n) is 8.64. The molecule has 0 radical (unpaired) electrons. The summed E-state index contributed by atoms with van der Waals surface area (Å²) in [6, 6.07) is 0.739.